The molecule has 0 atom stereocenters. The van der Waals surface area contributed by atoms with Gasteiger partial charge in [-0.15, -0.1) is 0 Å². The standard InChI is InChI=1S/C17H17FN2O/c1-12-7-8-16-14(9-12)11-20(17(21)19(16)2)10-13-5-3-4-6-15(13)18/h3-9H,10-11H2,1-2H3. The lowest BCUT2D eigenvalue weighted by Gasteiger charge is -2.35. The Morgan fingerprint density at radius 1 is 1.19 bits per heavy atom. The monoisotopic (exact) mass is 284 g/mol. The smallest absolute Gasteiger partial charge is 0.316 e. The van der Waals surface area contributed by atoms with Crippen LogP contribution < -0.4 is 4.90 Å². The average Bonchev–Trinajstić information content (AvgIpc) is 2.46. The van der Waals surface area contributed by atoms with E-state index in [1.807, 2.05) is 19.1 Å². The number of amides is 2. The molecule has 0 unspecified atom stereocenters. The predicted molar refractivity (Wildman–Crippen MR) is 80.6 cm³/mol. The van der Waals surface area contributed by atoms with Crippen LogP contribution in [0.25, 0.3) is 0 Å². The van der Waals surface area contributed by atoms with Gasteiger partial charge in [0.05, 0.1) is 12.2 Å². The molecule has 0 N–H and O–H groups in total. The molecule has 0 saturated carbocycles. The van der Waals surface area contributed by atoms with Crippen LogP contribution in [0, 0.1) is 12.7 Å². The first-order valence-corrected chi connectivity index (χ1v) is 6.92. The minimum Gasteiger partial charge on any atom is -0.316 e. The van der Waals surface area contributed by atoms with Gasteiger partial charge >= 0.3 is 6.03 Å². The molecule has 0 radical (unpaired) electrons. The third kappa shape index (κ3) is 2.49. The maximum absolute atomic E-state index is 13.8. The lowest BCUT2D eigenvalue weighted by molar-refractivity contribution is 0.196. The van der Waals surface area contributed by atoms with Gasteiger partial charge in [0.15, 0.2) is 0 Å². The van der Waals surface area contributed by atoms with E-state index in [4.69, 9.17) is 0 Å². The summed E-state index contributed by atoms with van der Waals surface area (Å²) in [5, 5.41) is 0. The number of fused-ring (bicyclic) bond motifs is 1. The largest absolute Gasteiger partial charge is 0.324 e. The number of benzene rings is 2. The van der Waals surface area contributed by atoms with Crippen molar-refractivity contribution in [1.82, 2.24) is 4.90 Å². The number of hydrogen-bond acceptors (Lipinski definition) is 1. The quantitative estimate of drug-likeness (QED) is 0.824. The Morgan fingerprint density at radius 2 is 1.95 bits per heavy atom. The number of rotatable bonds is 2. The Labute approximate surface area is 123 Å². The molecule has 3 rings (SSSR count). The second kappa shape index (κ2) is 5.20. The summed E-state index contributed by atoms with van der Waals surface area (Å²) >= 11 is 0. The molecule has 0 fully saturated rings. The highest BCUT2D eigenvalue weighted by Crippen LogP contribution is 2.29. The fraction of sp³-hybridized carbons (Fsp3) is 0.235. The van der Waals surface area contributed by atoms with Crippen LogP contribution in [0.2, 0.25) is 0 Å². The molecular formula is C17H17FN2O. The van der Waals surface area contributed by atoms with E-state index in [0.717, 1.165) is 16.8 Å². The number of carbonyl (C=O) groups is 1. The fourth-order valence-corrected chi connectivity index (χ4v) is 2.71. The van der Waals surface area contributed by atoms with Crippen LogP contribution in [0.15, 0.2) is 42.5 Å². The average molecular weight is 284 g/mol. The van der Waals surface area contributed by atoms with Crippen molar-refractivity contribution in [3.63, 3.8) is 0 Å². The van der Waals surface area contributed by atoms with Crippen LogP contribution in [0.4, 0.5) is 14.9 Å². The van der Waals surface area contributed by atoms with Crippen molar-refractivity contribution in [3.8, 4) is 0 Å². The molecule has 21 heavy (non-hydrogen) atoms. The highest BCUT2D eigenvalue weighted by atomic mass is 19.1. The van der Waals surface area contributed by atoms with Crippen LogP contribution >= 0.6 is 0 Å². The van der Waals surface area contributed by atoms with Crippen LogP contribution in [-0.2, 0) is 13.1 Å². The molecule has 2 aromatic rings. The topological polar surface area (TPSA) is 23.6 Å². The first-order valence-electron chi connectivity index (χ1n) is 6.92. The van der Waals surface area contributed by atoms with E-state index in [0.29, 0.717) is 12.1 Å². The number of carbonyl (C=O) groups excluding carboxylic acids is 1. The number of hydrogen-bond donors (Lipinski definition) is 0. The van der Waals surface area contributed by atoms with Gasteiger partial charge in [-0.3, -0.25) is 4.90 Å². The molecule has 108 valence electrons. The zero-order chi connectivity index (χ0) is 15.0. The molecule has 4 heteroatoms. The maximum Gasteiger partial charge on any atom is 0.324 e. The highest BCUT2D eigenvalue weighted by Gasteiger charge is 2.28. The number of urea groups is 1. The zero-order valence-electron chi connectivity index (χ0n) is 12.1. The summed E-state index contributed by atoms with van der Waals surface area (Å²) in [6.07, 6.45) is 0. The first-order chi connectivity index (χ1) is 10.1. The lowest BCUT2D eigenvalue weighted by atomic mass is 10.1. The first kappa shape index (κ1) is 13.6. The second-order valence-corrected chi connectivity index (χ2v) is 5.42. The third-order valence-corrected chi connectivity index (χ3v) is 3.83. The molecule has 0 saturated heterocycles. The number of halogens is 1. The molecule has 1 aliphatic rings. The van der Waals surface area contributed by atoms with Crippen molar-refractivity contribution in [3.05, 3.63) is 65.0 Å². The predicted octanol–water partition coefficient (Wildman–Crippen LogP) is 3.71. The maximum atomic E-state index is 13.8. The Morgan fingerprint density at radius 3 is 2.71 bits per heavy atom. The molecule has 1 heterocycles. The summed E-state index contributed by atoms with van der Waals surface area (Å²) in [5.74, 6) is -0.275. The van der Waals surface area contributed by atoms with Gasteiger partial charge in [0.1, 0.15) is 5.82 Å². The van der Waals surface area contributed by atoms with Crippen LogP contribution in [-0.4, -0.2) is 18.0 Å². The molecule has 3 nitrogen and oxygen atoms in total. The Balaban J connectivity index is 1.91. The molecule has 0 spiro atoms. The van der Waals surface area contributed by atoms with Crippen molar-refractivity contribution in [2.24, 2.45) is 0 Å². The summed E-state index contributed by atoms with van der Waals surface area (Å²) in [7, 11) is 1.75. The summed E-state index contributed by atoms with van der Waals surface area (Å²) in [4.78, 5) is 15.7. The molecule has 0 bridgehead atoms. The highest BCUT2D eigenvalue weighted by molar-refractivity contribution is 5.94. The summed E-state index contributed by atoms with van der Waals surface area (Å²) < 4.78 is 13.8. The van der Waals surface area contributed by atoms with Gasteiger partial charge in [0.2, 0.25) is 0 Å². The van der Waals surface area contributed by atoms with Gasteiger partial charge < -0.3 is 4.90 Å². The molecule has 0 aliphatic carbocycles. The Kier molecular flexibility index (Phi) is 3.37. The van der Waals surface area contributed by atoms with Crippen molar-refractivity contribution < 1.29 is 9.18 Å². The van der Waals surface area contributed by atoms with E-state index in [1.165, 1.54) is 6.07 Å². The third-order valence-electron chi connectivity index (χ3n) is 3.83. The molecule has 2 aromatic carbocycles. The summed E-state index contributed by atoms with van der Waals surface area (Å²) in [6.45, 7) is 2.82. The van der Waals surface area contributed by atoms with Gasteiger partial charge in [-0.25, -0.2) is 9.18 Å². The zero-order valence-corrected chi connectivity index (χ0v) is 12.1. The van der Waals surface area contributed by atoms with Gasteiger partial charge in [-0.2, -0.15) is 0 Å². The van der Waals surface area contributed by atoms with Crippen LogP contribution in [0.1, 0.15) is 16.7 Å². The minimum absolute atomic E-state index is 0.102. The van der Waals surface area contributed by atoms with Gasteiger partial charge in [-0.1, -0.05) is 35.9 Å². The van der Waals surface area contributed by atoms with E-state index in [2.05, 4.69) is 6.07 Å². The molecule has 2 amide bonds. The molecule has 1 aliphatic heterocycles. The van der Waals surface area contributed by atoms with E-state index in [9.17, 15) is 9.18 Å². The van der Waals surface area contributed by atoms with Crippen molar-refractivity contribution in [2.75, 3.05) is 11.9 Å². The number of aryl methyl sites for hydroxylation is 1. The summed E-state index contributed by atoms with van der Waals surface area (Å²) in [6, 6.07) is 12.5. The van der Waals surface area contributed by atoms with Gasteiger partial charge in [0.25, 0.3) is 0 Å². The number of nitrogens with zero attached hydrogens (tertiary/aromatic N) is 2. The van der Waals surface area contributed by atoms with E-state index < -0.39 is 0 Å². The van der Waals surface area contributed by atoms with Gasteiger partial charge in [-0.05, 0) is 24.6 Å². The van der Waals surface area contributed by atoms with E-state index in [1.54, 1.807) is 35.0 Å². The minimum atomic E-state index is -0.275. The lowest BCUT2D eigenvalue weighted by Crippen LogP contribution is -2.44. The van der Waals surface area contributed by atoms with Gasteiger partial charge in [0, 0.05) is 19.2 Å². The normalized spacial score (nSPS) is 14.3. The summed E-state index contributed by atoms with van der Waals surface area (Å²) in [5.41, 5.74) is 3.71. The SMILES string of the molecule is Cc1ccc2c(c1)CN(Cc1ccccc1F)C(=O)N2C. The van der Waals surface area contributed by atoms with Crippen LogP contribution in [0.5, 0.6) is 0 Å². The van der Waals surface area contributed by atoms with Crippen molar-refractivity contribution in [2.45, 2.75) is 20.0 Å². The van der Waals surface area contributed by atoms with E-state index >= 15 is 0 Å². The van der Waals surface area contributed by atoms with E-state index in [-0.39, 0.29) is 18.4 Å². The Bertz CT molecular complexity index is 699. The Hall–Kier alpha value is -2.36. The second-order valence-electron chi connectivity index (χ2n) is 5.42. The fourth-order valence-electron chi connectivity index (χ4n) is 2.71. The van der Waals surface area contributed by atoms with Crippen molar-refractivity contribution >= 4 is 11.7 Å². The molecule has 0 aromatic heterocycles. The van der Waals surface area contributed by atoms with Crippen molar-refractivity contribution in [1.29, 1.82) is 0 Å². The van der Waals surface area contributed by atoms with Crippen LogP contribution in [0.3, 0.4) is 0 Å². The number of anilines is 1. The molecular weight excluding hydrogens is 267 g/mol.